The van der Waals surface area contributed by atoms with Crippen LogP contribution < -0.4 is 4.74 Å². The molecule has 0 spiro atoms. The van der Waals surface area contributed by atoms with E-state index in [0.717, 1.165) is 0 Å². The van der Waals surface area contributed by atoms with Crippen molar-refractivity contribution < 1.29 is 23.8 Å². The number of rotatable bonds is 5. The van der Waals surface area contributed by atoms with Gasteiger partial charge in [0.15, 0.2) is 12.7 Å². The third-order valence-corrected chi connectivity index (χ3v) is 3.76. The maximum Gasteiger partial charge on any atom is 0.347 e. The van der Waals surface area contributed by atoms with Crippen molar-refractivity contribution in [3.63, 3.8) is 0 Å². The molecule has 1 aromatic carbocycles. The van der Waals surface area contributed by atoms with Crippen LogP contribution in [0.3, 0.4) is 0 Å². The third-order valence-electron chi connectivity index (χ3n) is 3.23. The molecule has 0 aliphatic carbocycles. The Morgan fingerprint density at radius 1 is 1.30 bits per heavy atom. The number of ether oxygens (including phenoxy) is 3. The standard InChI is InChI=1S/C15H17Cl2NO5/c1-10(23-13-3-2-11(16)8-12(13)17)15(20)22-9-14(19)18-4-6-21-7-5-18/h2-3,8,10H,4-7,9H2,1H3. The van der Waals surface area contributed by atoms with Crippen molar-refractivity contribution in [2.45, 2.75) is 13.0 Å². The summed E-state index contributed by atoms with van der Waals surface area (Å²) in [6.07, 6.45) is -0.897. The predicted octanol–water partition coefficient (Wildman–Crippen LogP) is 2.16. The molecule has 0 aromatic heterocycles. The SMILES string of the molecule is CC(Oc1ccc(Cl)cc1Cl)C(=O)OCC(=O)N1CCOCC1. The number of carbonyl (C=O) groups is 2. The van der Waals surface area contributed by atoms with Crippen LogP contribution in [-0.4, -0.2) is 55.8 Å². The zero-order valence-electron chi connectivity index (χ0n) is 12.6. The summed E-state index contributed by atoms with van der Waals surface area (Å²) in [5.74, 6) is -0.573. The maximum atomic E-state index is 11.9. The second-order valence-corrected chi connectivity index (χ2v) is 5.78. The Balaban J connectivity index is 1.81. The van der Waals surface area contributed by atoms with Gasteiger partial charge >= 0.3 is 5.97 Å². The minimum atomic E-state index is -0.897. The topological polar surface area (TPSA) is 65.1 Å². The fourth-order valence-corrected chi connectivity index (χ4v) is 2.42. The van der Waals surface area contributed by atoms with Crippen LogP contribution in [0.2, 0.25) is 10.0 Å². The Labute approximate surface area is 144 Å². The molecule has 8 heteroatoms. The van der Waals surface area contributed by atoms with Gasteiger partial charge in [-0.25, -0.2) is 4.79 Å². The number of amides is 1. The van der Waals surface area contributed by atoms with Crippen LogP contribution in [-0.2, 0) is 19.1 Å². The van der Waals surface area contributed by atoms with Crippen LogP contribution in [0.1, 0.15) is 6.92 Å². The van der Waals surface area contributed by atoms with E-state index in [1.54, 1.807) is 17.0 Å². The fourth-order valence-electron chi connectivity index (χ4n) is 1.96. The van der Waals surface area contributed by atoms with E-state index < -0.39 is 12.1 Å². The summed E-state index contributed by atoms with van der Waals surface area (Å²) >= 11 is 11.8. The first-order valence-electron chi connectivity index (χ1n) is 7.11. The molecule has 1 aliphatic heterocycles. The summed E-state index contributed by atoms with van der Waals surface area (Å²) in [5.41, 5.74) is 0. The lowest BCUT2D eigenvalue weighted by atomic mass is 10.3. The lowest BCUT2D eigenvalue weighted by Crippen LogP contribution is -2.43. The molecule has 126 valence electrons. The molecule has 0 N–H and O–H groups in total. The number of hydrogen-bond acceptors (Lipinski definition) is 5. The molecule has 1 saturated heterocycles. The molecule has 23 heavy (non-hydrogen) atoms. The summed E-state index contributed by atoms with van der Waals surface area (Å²) in [7, 11) is 0. The molecule has 1 atom stereocenters. The third kappa shape index (κ3) is 5.27. The van der Waals surface area contributed by atoms with Gasteiger partial charge < -0.3 is 19.1 Å². The molecule has 2 rings (SSSR count). The zero-order chi connectivity index (χ0) is 16.8. The lowest BCUT2D eigenvalue weighted by Gasteiger charge is -2.26. The van der Waals surface area contributed by atoms with Gasteiger partial charge in [0.2, 0.25) is 0 Å². The number of benzene rings is 1. The lowest BCUT2D eigenvalue weighted by molar-refractivity contribution is -0.158. The van der Waals surface area contributed by atoms with Crippen LogP contribution in [0.5, 0.6) is 5.75 Å². The van der Waals surface area contributed by atoms with Gasteiger partial charge in [0, 0.05) is 18.1 Å². The van der Waals surface area contributed by atoms with Crippen LogP contribution >= 0.6 is 23.2 Å². The second-order valence-electron chi connectivity index (χ2n) is 4.94. The van der Waals surface area contributed by atoms with Gasteiger partial charge in [-0.2, -0.15) is 0 Å². The first-order valence-corrected chi connectivity index (χ1v) is 7.87. The van der Waals surface area contributed by atoms with Crippen molar-refractivity contribution in [3.05, 3.63) is 28.2 Å². The highest BCUT2D eigenvalue weighted by Crippen LogP contribution is 2.28. The van der Waals surface area contributed by atoms with Crippen molar-refractivity contribution in [1.29, 1.82) is 0 Å². The van der Waals surface area contributed by atoms with Crippen molar-refractivity contribution >= 4 is 35.1 Å². The summed E-state index contributed by atoms with van der Waals surface area (Å²) in [6.45, 7) is 3.20. The van der Waals surface area contributed by atoms with Crippen LogP contribution in [0.15, 0.2) is 18.2 Å². The van der Waals surface area contributed by atoms with E-state index in [4.69, 9.17) is 37.4 Å². The minimum absolute atomic E-state index is 0.252. The Morgan fingerprint density at radius 3 is 2.65 bits per heavy atom. The number of morpholine rings is 1. The molecule has 0 saturated carbocycles. The fraction of sp³-hybridized carbons (Fsp3) is 0.467. The highest BCUT2D eigenvalue weighted by molar-refractivity contribution is 6.35. The van der Waals surface area contributed by atoms with Gasteiger partial charge in [-0.05, 0) is 25.1 Å². The van der Waals surface area contributed by atoms with Crippen LogP contribution in [0, 0.1) is 0 Å². The van der Waals surface area contributed by atoms with Gasteiger partial charge in [-0.3, -0.25) is 4.79 Å². The Kier molecular flexibility index (Phi) is 6.50. The molecule has 1 heterocycles. The second kappa shape index (κ2) is 8.38. The molecular weight excluding hydrogens is 345 g/mol. The molecule has 1 unspecified atom stereocenters. The highest BCUT2D eigenvalue weighted by atomic mass is 35.5. The molecule has 1 aromatic rings. The molecule has 6 nitrogen and oxygen atoms in total. The number of hydrogen-bond donors (Lipinski definition) is 0. The van der Waals surface area contributed by atoms with Gasteiger partial charge in [0.05, 0.1) is 18.2 Å². The summed E-state index contributed by atoms with van der Waals surface area (Å²) in [6, 6.07) is 4.68. The molecule has 1 fully saturated rings. The smallest absolute Gasteiger partial charge is 0.347 e. The monoisotopic (exact) mass is 361 g/mol. The van der Waals surface area contributed by atoms with Gasteiger partial charge in [-0.15, -0.1) is 0 Å². The van der Waals surface area contributed by atoms with Crippen molar-refractivity contribution in [3.8, 4) is 5.75 Å². The van der Waals surface area contributed by atoms with E-state index in [2.05, 4.69) is 0 Å². The van der Waals surface area contributed by atoms with E-state index in [1.807, 2.05) is 0 Å². The summed E-state index contributed by atoms with van der Waals surface area (Å²) in [5, 5.41) is 0.759. The first-order chi connectivity index (χ1) is 11.0. The molecule has 0 bridgehead atoms. The molecule has 1 aliphatic rings. The largest absolute Gasteiger partial charge is 0.477 e. The molecule has 1 amide bonds. The van der Waals surface area contributed by atoms with E-state index in [1.165, 1.54) is 13.0 Å². The molecular formula is C15H17Cl2NO5. The average Bonchev–Trinajstić information content (AvgIpc) is 2.55. The zero-order valence-corrected chi connectivity index (χ0v) is 14.1. The average molecular weight is 362 g/mol. The maximum absolute atomic E-state index is 11.9. The quantitative estimate of drug-likeness (QED) is 0.752. The Morgan fingerprint density at radius 2 is 2.00 bits per heavy atom. The Bertz CT molecular complexity index is 575. The van der Waals surface area contributed by atoms with Gasteiger partial charge in [0.1, 0.15) is 5.75 Å². The number of nitrogens with zero attached hydrogens (tertiary/aromatic N) is 1. The van der Waals surface area contributed by atoms with Crippen molar-refractivity contribution in [2.75, 3.05) is 32.9 Å². The summed E-state index contributed by atoms with van der Waals surface area (Å²) in [4.78, 5) is 25.4. The molecule has 0 radical (unpaired) electrons. The van der Waals surface area contributed by atoms with Gasteiger partial charge in [-0.1, -0.05) is 23.2 Å². The summed E-state index contributed by atoms with van der Waals surface area (Å²) < 4.78 is 15.6. The van der Waals surface area contributed by atoms with Crippen molar-refractivity contribution in [2.24, 2.45) is 0 Å². The number of esters is 1. The van der Waals surface area contributed by atoms with E-state index in [0.29, 0.717) is 42.1 Å². The van der Waals surface area contributed by atoms with E-state index >= 15 is 0 Å². The van der Waals surface area contributed by atoms with E-state index in [9.17, 15) is 9.59 Å². The normalized spacial score (nSPS) is 15.9. The Hall–Kier alpha value is -1.50. The van der Waals surface area contributed by atoms with E-state index in [-0.39, 0.29) is 12.5 Å². The minimum Gasteiger partial charge on any atom is -0.477 e. The first kappa shape index (κ1) is 17.8. The van der Waals surface area contributed by atoms with Crippen LogP contribution in [0.25, 0.3) is 0 Å². The van der Waals surface area contributed by atoms with Crippen LogP contribution in [0.4, 0.5) is 0 Å². The predicted molar refractivity (Wildman–Crippen MR) is 84.9 cm³/mol. The highest BCUT2D eigenvalue weighted by Gasteiger charge is 2.22. The number of halogens is 2. The van der Waals surface area contributed by atoms with Gasteiger partial charge in [0.25, 0.3) is 5.91 Å². The number of carbonyl (C=O) groups excluding carboxylic acids is 2. The van der Waals surface area contributed by atoms with Crippen molar-refractivity contribution in [1.82, 2.24) is 4.90 Å².